The van der Waals surface area contributed by atoms with Gasteiger partial charge in [0.15, 0.2) is 0 Å². The molecule has 0 bridgehead atoms. The quantitative estimate of drug-likeness (QED) is 0.526. The Balaban J connectivity index is 3.41. The van der Waals surface area contributed by atoms with Crippen molar-refractivity contribution in [3.05, 3.63) is 0 Å². The first kappa shape index (κ1) is 15.3. The van der Waals surface area contributed by atoms with Crippen LogP contribution in [0.25, 0.3) is 0 Å². The number of carbonyl (C=O) groups excluding carboxylic acids is 1. The Bertz CT molecular complexity index is 237. The number of nitrogens with one attached hydrogen (secondary N) is 1. The number of unbranched alkanes of at least 4 members (excludes halogenated alkanes) is 1. The van der Waals surface area contributed by atoms with Gasteiger partial charge >= 0.3 is 0 Å². The number of rotatable bonds is 7. The van der Waals surface area contributed by atoms with Gasteiger partial charge in [0.1, 0.15) is 6.61 Å². The highest BCUT2D eigenvalue weighted by molar-refractivity contribution is 7.80. The predicted octanol–water partition coefficient (Wildman–Crippen LogP) is 1.37. The van der Waals surface area contributed by atoms with Crippen LogP contribution in [0.1, 0.15) is 40.0 Å². The summed E-state index contributed by atoms with van der Waals surface area (Å²) in [5.74, 6) is -0.0785. The van der Waals surface area contributed by atoms with Crippen LogP contribution in [0.2, 0.25) is 0 Å². The summed E-state index contributed by atoms with van der Waals surface area (Å²) >= 11 is 4.75. The molecule has 5 heteroatoms. The highest BCUT2D eigenvalue weighted by Crippen LogP contribution is 2.05. The second kappa shape index (κ2) is 7.57. The van der Waals surface area contributed by atoms with Crippen molar-refractivity contribution in [1.29, 1.82) is 0 Å². The third-order valence-electron chi connectivity index (χ3n) is 1.81. The molecule has 0 saturated heterocycles. The molecule has 0 aromatic rings. The lowest BCUT2D eigenvalue weighted by Crippen LogP contribution is -2.32. The van der Waals surface area contributed by atoms with Gasteiger partial charge in [-0.25, -0.2) is 0 Å². The average molecular weight is 246 g/mol. The first-order valence-corrected chi connectivity index (χ1v) is 5.91. The monoisotopic (exact) mass is 246 g/mol. The van der Waals surface area contributed by atoms with E-state index in [1.54, 1.807) is 0 Å². The van der Waals surface area contributed by atoms with Crippen LogP contribution in [0.4, 0.5) is 0 Å². The Morgan fingerprint density at radius 3 is 2.50 bits per heavy atom. The van der Waals surface area contributed by atoms with Crippen LogP contribution in [0.15, 0.2) is 0 Å². The van der Waals surface area contributed by atoms with Crippen molar-refractivity contribution >= 4 is 23.1 Å². The van der Waals surface area contributed by atoms with E-state index >= 15 is 0 Å². The van der Waals surface area contributed by atoms with Gasteiger partial charge in [0.05, 0.1) is 10.6 Å². The maximum absolute atomic E-state index is 11.3. The van der Waals surface area contributed by atoms with E-state index in [4.69, 9.17) is 22.7 Å². The second-order valence-electron chi connectivity index (χ2n) is 4.67. The van der Waals surface area contributed by atoms with E-state index in [1.807, 2.05) is 20.8 Å². The second-order valence-corrected chi connectivity index (χ2v) is 5.20. The fourth-order valence-corrected chi connectivity index (χ4v) is 1.13. The van der Waals surface area contributed by atoms with E-state index < -0.39 is 0 Å². The lowest BCUT2D eigenvalue weighted by molar-refractivity contribution is -0.130. The molecule has 0 fully saturated rings. The van der Waals surface area contributed by atoms with Gasteiger partial charge in [-0.2, -0.15) is 0 Å². The number of hydrogen-bond donors (Lipinski definition) is 2. The van der Waals surface area contributed by atoms with Gasteiger partial charge in [0.25, 0.3) is 0 Å². The van der Waals surface area contributed by atoms with Gasteiger partial charge in [0.2, 0.25) is 5.91 Å². The molecule has 0 rings (SSSR count). The third-order valence-corrected chi connectivity index (χ3v) is 2.01. The topological polar surface area (TPSA) is 64.3 Å². The van der Waals surface area contributed by atoms with Crippen molar-refractivity contribution in [3.8, 4) is 0 Å². The van der Waals surface area contributed by atoms with Crippen LogP contribution in [-0.2, 0) is 9.53 Å². The van der Waals surface area contributed by atoms with E-state index in [9.17, 15) is 4.79 Å². The lowest BCUT2D eigenvalue weighted by atomic mass is 10.2. The minimum absolute atomic E-state index is 0.0785. The Morgan fingerprint density at radius 2 is 2.00 bits per heavy atom. The number of carbonyl (C=O) groups is 1. The van der Waals surface area contributed by atoms with Gasteiger partial charge in [-0.3, -0.25) is 4.79 Å². The third kappa shape index (κ3) is 11.4. The summed E-state index contributed by atoms with van der Waals surface area (Å²) in [5, 5.41) is 2.78. The van der Waals surface area contributed by atoms with E-state index in [2.05, 4.69) is 5.32 Å². The molecular weight excluding hydrogens is 224 g/mol. The fourth-order valence-electron chi connectivity index (χ4n) is 0.985. The first-order chi connectivity index (χ1) is 7.31. The van der Waals surface area contributed by atoms with Crippen LogP contribution in [0.3, 0.4) is 0 Å². The van der Waals surface area contributed by atoms with Crippen LogP contribution < -0.4 is 11.1 Å². The molecule has 94 valence electrons. The highest BCUT2D eigenvalue weighted by atomic mass is 32.1. The SMILES string of the molecule is CC(C)(C)OCC(=O)NCCCCC(N)=S. The molecular formula is C11H22N2O2S. The average Bonchev–Trinajstić information content (AvgIpc) is 2.12. The normalized spacial score (nSPS) is 11.2. The highest BCUT2D eigenvalue weighted by Gasteiger charge is 2.12. The zero-order valence-corrected chi connectivity index (χ0v) is 11.2. The number of thiocarbonyl (C=S) groups is 1. The molecule has 0 aliphatic heterocycles. The smallest absolute Gasteiger partial charge is 0.246 e. The number of nitrogens with two attached hydrogens (primary N) is 1. The molecule has 4 nitrogen and oxygen atoms in total. The molecule has 0 radical (unpaired) electrons. The maximum Gasteiger partial charge on any atom is 0.246 e. The Kier molecular flexibility index (Phi) is 7.25. The molecule has 0 unspecified atom stereocenters. The Labute approximate surface area is 103 Å². The van der Waals surface area contributed by atoms with Crippen molar-refractivity contribution in [2.45, 2.75) is 45.6 Å². The predicted molar refractivity (Wildman–Crippen MR) is 69.4 cm³/mol. The zero-order valence-electron chi connectivity index (χ0n) is 10.3. The van der Waals surface area contributed by atoms with Crippen LogP contribution in [0.5, 0.6) is 0 Å². The van der Waals surface area contributed by atoms with Crippen molar-refractivity contribution in [2.75, 3.05) is 13.2 Å². The Morgan fingerprint density at radius 1 is 1.38 bits per heavy atom. The summed E-state index contributed by atoms with van der Waals surface area (Å²) in [7, 11) is 0. The summed E-state index contributed by atoms with van der Waals surface area (Å²) < 4.78 is 5.33. The number of amides is 1. The molecule has 0 aliphatic carbocycles. The molecule has 0 aliphatic rings. The van der Waals surface area contributed by atoms with E-state index in [-0.39, 0.29) is 18.1 Å². The first-order valence-electron chi connectivity index (χ1n) is 5.50. The van der Waals surface area contributed by atoms with Gasteiger partial charge < -0.3 is 15.8 Å². The van der Waals surface area contributed by atoms with Crippen molar-refractivity contribution < 1.29 is 9.53 Å². The van der Waals surface area contributed by atoms with E-state index in [0.717, 1.165) is 19.3 Å². The fraction of sp³-hybridized carbons (Fsp3) is 0.818. The van der Waals surface area contributed by atoms with Crippen molar-refractivity contribution in [1.82, 2.24) is 5.32 Å². The molecule has 3 N–H and O–H groups in total. The summed E-state index contributed by atoms with van der Waals surface area (Å²) in [5.41, 5.74) is 5.08. The van der Waals surface area contributed by atoms with E-state index in [0.29, 0.717) is 11.5 Å². The molecule has 0 aromatic heterocycles. The zero-order chi connectivity index (χ0) is 12.6. The van der Waals surface area contributed by atoms with Gasteiger partial charge in [0, 0.05) is 6.54 Å². The van der Waals surface area contributed by atoms with E-state index in [1.165, 1.54) is 0 Å². The van der Waals surface area contributed by atoms with Crippen LogP contribution in [0, 0.1) is 0 Å². The summed E-state index contributed by atoms with van der Waals surface area (Å²) in [6.45, 7) is 6.52. The molecule has 0 aromatic carbocycles. The Hall–Kier alpha value is -0.680. The van der Waals surface area contributed by atoms with Crippen LogP contribution >= 0.6 is 12.2 Å². The molecule has 0 heterocycles. The summed E-state index contributed by atoms with van der Waals surface area (Å²) in [6.07, 6.45) is 2.54. The maximum atomic E-state index is 11.3. The van der Waals surface area contributed by atoms with Crippen LogP contribution in [-0.4, -0.2) is 29.6 Å². The summed E-state index contributed by atoms with van der Waals surface area (Å²) in [4.78, 5) is 11.8. The molecule has 0 atom stereocenters. The molecule has 1 amide bonds. The minimum Gasteiger partial charge on any atom is -0.393 e. The summed E-state index contributed by atoms with van der Waals surface area (Å²) in [6, 6.07) is 0. The van der Waals surface area contributed by atoms with Gasteiger partial charge in [-0.15, -0.1) is 0 Å². The number of hydrogen-bond acceptors (Lipinski definition) is 3. The molecule has 0 spiro atoms. The van der Waals surface area contributed by atoms with Gasteiger partial charge in [-0.1, -0.05) is 12.2 Å². The van der Waals surface area contributed by atoms with Gasteiger partial charge in [-0.05, 0) is 40.0 Å². The standard InChI is InChI=1S/C11H22N2O2S/c1-11(2,3)15-8-10(14)13-7-5-4-6-9(12)16/h4-8H2,1-3H3,(H2,12,16)(H,13,14). The molecule has 16 heavy (non-hydrogen) atoms. The molecule has 0 saturated carbocycles. The van der Waals surface area contributed by atoms with Crippen molar-refractivity contribution in [2.24, 2.45) is 5.73 Å². The van der Waals surface area contributed by atoms with Crippen molar-refractivity contribution in [3.63, 3.8) is 0 Å². The lowest BCUT2D eigenvalue weighted by Gasteiger charge is -2.18. The minimum atomic E-state index is -0.275. The largest absolute Gasteiger partial charge is 0.393 e. The number of ether oxygens (including phenoxy) is 1.